The van der Waals surface area contributed by atoms with E-state index in [0.717, 1.165) is 27.7 Å². The SMILES string of the molecule is CC(C)(C)c1nc2ccccc2c(-c2ccccc2)c1O. The molecule has 0 bridgehead atoms. The summed E-state index contributed by atoms with van der Waals surface area (Å²) >= 11 is 0. The number of pyridine rings is 1. The van der Waals surface area contributed by atoms with Gasteiger partial charge < -0.3 is 5.11 Å². The molecule has 3 aromatic rings. The molecule has 106 valence electrons. The van der Waals surface area contributed by atoms with Crippen LogP contribution in [0.2, 0.25) is 0 Å². The molecule has 0 aliphatic rings. The summed E-state index contributed by atoms with van der Waals surface area (Å²) in [5, 5.41) is 11.8. The zero-order valence-corrected chi connectivity index (χ0v) is 12.6. The van der Waals surface area contributed by atoms with Gasteiger partial charge >= 0.3 is 0 Å². The Morgan fingerprint density at radius 3 is 2.14 bits per heavy atom. The molecule has 0 saturated carbocycles. The standard InChI is InChI=1S/C19H19NO/c1-19(2,3)18-17(21)16(13-9-5-4-6-10-13)14-11-7-8-12-15(14)20-18/h4-12,21H,1-3H3. The molecule has 2 aromatic carbocycles. The zero-order chi connectivity index (χ0) is 15.0. The van der Waals surface area contributed by atoms with Gasteiger partial charge in [-0.3, -0.25) is 0 Å². The second-order valence-electron chi connectivity index (χ2n) is 6.32. The lowest BCUT2D eigenvalue weighted by Gasteiger charge is -2.22. The van der Waals surface area contributed by atoms with Crippen molar-refractivity contribution in [1.82, 2.24) is 4.98 Å². The summed E-state index contributed by atoms with van der Waals surface area (Å²) in [6.07, 6.45) is 0. The highest BCUT2D eigenvalue weighted by atomic mass is 16.3. The van der Waals surface area contributed by atoms with E-state index in [4.69, 9.17) is 0 Å². The number of nitrogens with zero attached hydrogens (tertiary/aromatic N) is 1. The molecule has 2 nitrogen and oxygen atoms in total. The lowest BCUT2D eigenvalue weighted by atomic mass is 9.87. The van der Waals surface area contributed by atoms with E-state index in [-0.39, 0.29) is 11.2 Å². The van der Waals surface area contributed by atoms with Gasteiger partial charge in [-0.15, -0.1) is 0 Å². The average Bonchev–Trinajstić information content (AvgIpc) is 2.46. The first-order chi connectivity index (χ1) is 9.98. The molecule has 1 aromatic heterocycles. The fraction of sp³-hybridized carbons (Fsp3) is 0.211. The van der Waals surface area contributed by atoms with Crippen LogP contribution in [-0.4, -0.2) is 10.1 Å². The Hall–Kier alpha value is -2.35. The number of aromatic nitrogens is 1. The summed E-state index contributed by atoms with van der Waals surface area (Å²) in [4.78, 5) is 4.68. The highest BCUT2D eigenvalue weighted by molar-refractivity contribution is 5.98. The first-order valence-electron chi connectivity index (χ1n) is 7.16. The van der Waals surface area contributed by atoms with Crippen molar-refractivity contribution in [3.8, 4) is 16.9 Å². The van der Waals surface area contributed by atoms with Gasteiger partial charge in [-0.05, 0) is 11.6 Å². The van der Waals surface area contributed by atoms with Crippen LogP contribution in [0.15, 0.2) is 54.6 Å². The van der Waals surface area contributed by atoms with Crippen LogP contribution in [0.25, 0.3) is 22.0 Å². The Balaban J connectivity index is 2.43. The molecule has 0 atom stereocenters. The third kappa shape index (κ3) is 2.38. The van der Waals surface area contributed by atoms with Gasteiger partial charge in [0.15, 0.2) is 0 Å². The minimum absolute atomic E-state index is 0.211. The highest BCUT2D eigenvalue weighted by Gasteiger charge is 2.24. The van der Waals surface area contributed by atoms with Gasteiger partial charge in [-0.1, -0.05) is 69.3 Å². The maximum Gasteiger partial charge on any atom is 0.146 e. The Kier molecular flexibility index (Phi) is 3.17. The number of hydrogen-bond acceptors (Lipinski definition) is 2. The van der Waals surface area contributed by atoms with Crippen LogP contribution in [0, 0.1) is 0 Å². The lowest BCUT2D eigenvalue weighted by Crippen LogP contribution is -2.14. The van der Waals surface area contributed by atoms with E-state index in [1.165, 1.54) is 0 Å². The number of fused-ring (bicyclic) bond motifs is 1. The Morgan fingerprint density at radius 2 is 1.48 bits per heavy atom. The van der Waals surface area contributed by atoms with E-state index in [0.29, 0.717) is 0 Å². The fourth-order valence-corrected chi connectivity index (χ4v) is 2.62. The average molecular weight is 277 g/mol. The van der Waals surface area contributed by atoms with Crippen molar-refractivity contribution in [3.63, 3.8) is 0 Å². The van der Waals surface area contributed by atoms with Crippen LogP contribution in [0.5, 0.6) is 5.75 Å². The molecule has 1 N–H and O–H groups in total. The van der Waals surface area contributed by atoms with E-state index < -0.39 is 0 Å². The predicted octanol–water partition coefficient (Wildman–Crippen LogP) is 4.90. The van der Waals surface area contributed by atoms with Crippen LogP contribution < -0.4 is 0 Å². The number of rotatable bonds is 1. The van der Waals surface area contributed by atoms with E-state index in [9.17, 15) is 5.11 Å². The minimum Gasteiger partial charge on any atom is -0.505 e. The van der Waals surface area contributed by atoms with E-state index in [1.807, 2.05) is 54.6 Å². The van der Waals surface area contributed by atoms with Crippen LogP contribution in [0.4, 0.5) is 0 Å². The first-order valence-corrected chi connectivity index (χ1v) is 7.16. The van der Waals surface area contributed by atoms with Gasteiger partial charge in [0.05, 0.1) is 11.2 Å². The van der Waals surface area contributed by atoms with Gasteiger partial charge in [-0.2, -0.15) is 0 Å². The molecule has 0 radical (unpaired) electrons. The van der Waals surface area contributed by atoms with Crippen molar-refractivity contribution in [2.45, 2.75) is 26.2 Å². The molecule has 1 heterocycles. The minimum atomic E-state index is -0.211. The second kappa shape index (κ2) is 4.88. The molecule has 21 heavy (non-hydrogen) atoms. The largest absolute Gasteiger partial charge is 0.505 e. The summed E-state index contributed by atoms with van der Waals surface area (Å²) in [6.45, 7) is 6.20. The predicted molar refractivity (Wildman–Crippen MR) is 87.5 cm³/mol. The molecule has 0 amide bonds. The summed E-state index contributed by atoms with van der Waals surface area (Å²) in [5.41, 5.74) is 3.32. The number of aromatic hydroxyl groups is 1. The van der Waals surface area contributed by atoms with E-state index in [1.54, 1.807) is 0 Å². The van der Waals surface area contributed by atoms with Crippen molar-refractivity contribution < 1.29 is 5.11 Å². The van der Waals surface area contributed by atoms with Crippen LogP contribution >= 0.6 is 0 Å². The van der Waals surface area contributed by atoms with E-state index >= 15 is 0 Å². The van der Waals surface area contributed by atoms with Crippen molar-refractivity contribution in [2.75, 3.05) is 0 Å². The number of para-hydroxylation sites is 1. The fourth-order valence-electron chi connectivity index (χ4n) is 2.62. The first kappa shape index (κ1) is 13.6. The summed E-state index contributed by atoms with van der Waals surface area (Å²) in [7, 11) is 0. The van der Waals surface area contributed by atoms with Gasteiger partial charge in [0.1, 0.15) is 5.75 Å². The summed E-state index contributed by atoms with van der Waals surface area (Å²) in [6, 6.07) is 18.0. The Bertz CT molecular complexity index is 786. The van der Waals surface area contributed by atoms with Gasteiger partial charge in [0, 0.05) is 16.4 Å². The molecular weight excluding hydrogens is 258 g/mol. The molecule has 0 unspecified atom stereocenters. The molecule has 2 heteroatoms. The van der Waals surface area contributed by atoms with Crippen molar-refractivity contribution in [2.24, 2.45) is 0 Å². The summed E-state index contributed by atoms with van der Waals surface area (Å²) in [5.74, 6) is 0.285. The zero-order valence-electron chi connectivity index (χ0n) is 12.6. The van der Waals surface area contributed by atoms with Gasteiger partial charge in [-0.25, -0.2) is 4.98 Å². The third-order valence-corrected chi connectivity index (χ3v) is 3.64. The normalized spacial score (nSPS) is 11.8. The molecule has 0 aliphatic heterocycles. The lowest BCUT2D eigenvalue weighted by molar-refractivity contribution is 0.441. The van der Waals surface area contributed by atoms with Crippen LogP contribution in [-0.2, 0) is 5.41 Å². The van der Waals surface area contributed by atoms with E-state index in [2.05, 4.69) is 25.8 Å². The Morgan fingerprint density at radius 1 is 0.857 bits per heavy atom. The quantitative estimate of drug-likeness (QED) is 0.686. The molecular formula is C19H19NO. The van der Waals surface area contributed by atoms with Crippen LogP contribution in [0.1, 0.15) is 26.5 Å². The molecule has 0 fully saturated rings. The van der Waals surface area contributed by atoms with Crippen molar-refractivity contribution in [3.05, 3.63) is 60.3 Å². The maximum absolute atomic E-state index is 10.8. The molecule has 0 aliphatic carbocycles. The monoisotopic (exact) mass is 277 g/mol. The van der Waals surface area contributed by atoms with Crippen molar-refractivity contribution >= 4 is 10.9 Å². The smallest absolute Gasteiger partial charge is 0.146 e. The highest BCUT2D eigenvalue weighted by Crippen LogP contribution is 2.41. The third-order valence-electron chi connectivity index (χ3n) is 3.64. The van der Waals surface area contributed by atoms with Crippen LogP contribution in [0.3, 0.4) is 0 Å². The molecule has 3 rings (SSSR count). The number of hydrogen-bond donors (Lipinski definition) is 1. The van der Waals surface area contributed by atoms with Crippen molar-refractivity contribution in [1.29, 1.82) is 0 Å². The number of benzene rings is 2. The Labute approximate surface area is 125 Å². The molecule has 0 spiro atoms. The molecule has 0 saturated heterocycles. The maximum atomic E-state index is 10.8. The van der Waals surface area contributed by atoms with Gasteiger partial charge in [0.25, 0.3) is 0 Å². The summed E-state index contributed by atoms with van der Waals surface area (Å²) < 4.78 is 0. The topological polar surface area (TPSA) is 33.1 Å². The van der Waals surface area contributed by atoms with Gasteiger partial charge in [0.2, 0.25) is 0 Å². The second-order valence-corrected chi connectivity index (χ2v) is 6.32.